The molecule has 0 aliphatic heterocycles. The molecule has 0 aliphatic rings. The molecule has 26 heavy (non-hydrogen) atoms. The first-order chi connectivity index (χ1) is 12.4. The van der Waals surface area contributed by atoms with E-state index in [1.165, 1.54) is 11.1 Å². The lowest BCUT2D eigenvalue weighted by molar-refractivity contribution is 0.247. The highest BCUT2D eigenvalue weighted by atomic mass is 16.5. The zero-order valence-corrected chi connectivity index (χ0v) is 15.9. The van der Waals surface area contributed by atoms with Gasteiger partial charge in [-0.25, -0.2) is 4.79 Å². The van der Waals surface area contributed by atoms with Crippen LogP contribution in [0.5, 0.6) is 17.2 Å². The first-order valence-electron chi connectivity index (χ1n) is 8.42. The maximum Gasteiger partial charge on any atom is 0.319 e. The van der Waals surface area contributed by atoms with Crippen molar-refractivity contribution in [2.24, 2.45) is 0 Å². The molecular weight excluding hydrogens is 332 g/mol. The monoisotopic (exact) mass is 358 g/mol. The fraction of sp³-hybridized carbons (Fsp3) is 0.350. The van der Waals surface area contributed by atoms with Crippen LogP contribution in [-0.4, -0.2) is 33.4 Å². The van der Waals surface area contributed by atoms with Gasteiger partial charge in [0.25, 0.3) is 0 Å². The Balaban J connectivity index is 1.85. The third-order valence-electron chi connectivity index (χ3n) is 4.09. The number of amides is 2. The van der Waals surface area contributed by atoms with Gasteiger partial charge in [-0.2, -0.15) is 0 Å². The van der Waals surface area contributed by atoms with Crippen molar-refractivity contribution in [3.8, 4) is 17.2 Å². The van der Waals surface area contributed by atoms with Crippen LogP contribution in [0.15, 0.2) is 30.3 Å². The summed E-state index contributed by atoms with van der Waals surface area (Å²) in [4.78, 5) is 12.1. The number of hydrogen-bond donors (Lipinski definition) is 2. The topological polar surface area (TPSA) is 68.8 Å². The molecule has 2 aromatic rings. The molecular formula is C20H26N2O4. The van der Waals surface area contributed by atoms with E-state index in [2.05, 4.69) is 30.5 Å². The molecule has 6 nitrogen and oxygen atoms in total. The molecule has 0 unspecified atom stereocenters. The van der Waals surface area contributed by atoms with Crippen LogP contribution in [0.2, 0.25) is 0 Å². The minimum atomic E-state index is -0.336. The molecule has 0 saturated heterocycles. The van der Waals surface area contributed by atoms with Crippen LogP contribution in [0.4, 0.5) is 10.5 Å². The van der Waals surface area contributed by atoms with E-state index >= 15 is 0 Å². The number of urea groups is 1. The van der Waals surface area contributed by atoms with Gasteiger partial charge in [-0.15, -0.1) is 0 Å². The van der Waals surface area contributed by atoms with Crippen LogP contribution in [0.1, 0.15) is 16.7 Å². The Kier molecular flexibility index (Phi) is 6.72. The van der Waals surface area contributed by atoms with Gasteiger partial charge in [-0.1, -0.05) is 6.07 Å². The van der Waals surface area contributed by atoms with Crippen LogP contribution < -0.4 is 24.8 Å². The standard InChI is InChI=1S/C20H26N2O4/c1-13-10-15(3)19(11-14(13)2)26-9-8-21-20(23)22-17-12-16(24-4)6-7-18(17)25-5/h6-7,10-12H,8-9H2,1-5H3,(H2,21,22,23). The summed E-state index contributed by atoms with van der Waals surface area (Å²) in [6.45, 7) is 6.90. The van der Waals surface area contributed by atoms with Crippen LogP contribution in [0.3, 0.4) is 0 Å². The van der Waals surface area contributed by atoms with Crippen molar-refractivity contribution in [2.75, 3.05) is 32.7 Å². The third kappa shape index (κ3) is 5.05. The minimum absolute atomic E-state index is 0.336. The van der Waals surface area contributed by atoms with Gasteiger partial charge in [-0.3, -0.25) is 0 Å². The van der Waals surface area contributed by atoms with E-state index in [0.717, 1.165) is 11.3 Å². The van der Waals surface area contributed by atoms with Crippen molar-refractivity contribution in [3.63, 3.8) is 0 Å². The summed E-state index contributed by atoms with van der Waals surface area (Å²) in [6.07, 6.45) is 0. The van der Waals surface area contributed by atoms with Crippen molar-refractivity contribution in [1.82, 2.24) is 5.32 Å². The Bertz CT molecular complexity index is 775. The molecule has 0 fully saturated rings. The lowest BCUT2D eigenvalue weighted by Crippen LogP contribution is -2.32. The number of benzene rings is 2. The summed E-state index contributed by atoms with van der Waals surface area (Å²) in [7, 11) is 3.11. The molecule has 140 valence electrons. The van der Waals surface area contributed by atoms with Crippen molar-refractivity contribution in [1.29, 1.82) is 0 Å². The number of carbonyl (C=O) groups excluding carboxylic acids is 1. The van der Waals surface area contributed by atoms with Crippen molar-refractivity contribution in [3.05, 3.63) is 47.0 Å². The highest BCUT2D eigenvalue weighted by Crippen LogP contribution is 2.28. The molecule has 6 heteroatoms. The number of nitrogens with one attached hydrogen (secondary N) is 2. The minimum Gasteiger partial charge on any atom is -0.497 e. The van der Waals surface area contributed by atoms with E-state index in [9.17, 15) is 4.79 Å². The number of ether oxygens (including phenoxy) is 3. The zero-order valence-electron chi connectivity index (χ0n) is 15.9. The maximum atomic E-state index is 12.1. The number of hydrogen-bond acceptors (Lipinski definition) is 4. The number of anilines is 1. The van der Waals surface area contributed by atoms with Crippen molar-refractivity contribution in [2.45, 2.75) is 20.8 Å². The summed E-state index contributed by atoms with van der Waals surface area (Å²) in [6, 6.07) is 8.98. The highest BCUT2D eigenvalue weighted by molar-refractivity contribution is 5.91. The fourth-order valence-corrected chi connectivity index (χ4v) is 2.49. The van der Waals surface area contributed by atoms with Crippen molar-refractivity contribution >= 4 is 11.7 Å². The molecule has 0 spiro atoms. The SMILES string of the molecule is COc1ccc(OC)c(NC(=O)NCCOc2cc(C)c(C)cc2C)c1. The van der Waals surface area contributed by atoms with E-state index in [0.29, 0.717) is 30.3 Å². The summed E-state index contributed by atoms with van der Waals surface area (Å²) in [5.41, 5.74) is 4.04. The van der Waals surface area contributed by atoms with Gasteiger partial charge >= 0.3 is 6.03 Å². The van der Waals surface area contributed by atoms with E-state index in [4.69, 9.17) is 14.2 Å². The predicted octanol–water partition coefficient (Wildman–Crippen LogP) is 3.83. The number of aryl methyl sites for hydroxylation is 3. The van der Waals surface area contributed by atoms with Gasteiger partial charge in [0.2, 0.25) is 0 Å². The van der Waals surface area contributed by atoms with Crippen LogP contribution >= 0.6 is 0 Å². The van der Waals surface area contributed by atoms with E-state index < -0.39 is 0 Å². The number of rotatable bonds is 7. The Morgan fingerprint density at radius 2 is 1.65 bits per heavy atom. The second kappa shape index (κ2) is 8.99. The Morgan fingerprint density at radius 3 is 2.35 bits per heavy atom. The normalized spacial score (nSPS) is 10.2. The summed E-state index contributed by atoms with van der Waals surface area (Å²) >= 11 is 0. The number of carbonyl (C=O) groups is 1. The van der Waals surface area contributed by atoms with Crippen LogP contribution in [-0.2, 0) is 0 Å². The quantitative estimate of drug-likeness (QED) is 0.738. The molecule has 0 saturated carbocycles. The van der Waals surface area contributed by atoms with Gasteiger partial charge in [0.1, 0.15) is 23.9 Å². The smallest absolute Gasteiger partial charge is 0.319 e. The third-order valence-corrected chi connectivity index (χ3v) is 4.09. The van der Waals surface area contributed by atoms with E-state index in [-0.39, 0.29) is 6.03 Å². The molecule has 2 aromatic carbocycles. The largest absolute Gasteiger partial charge is 0.497 e. The molecule has 2 amide bonds. The molecule has 2 N–H and O–H groups in total. The zero-order chi connectivity index (χ0) is 19.1. The van der Waals surface area contributed by atoms with Gasteiger partial charge in [0.15, 0.2) is 0 Å². The first-order valence-corrected chi connectivity index (χ1v) is 8.42. The second-order valence-corrected chi connectivity index (χ2v) is 6.00. The molecule has 2 rings (SSSR count). The molecule has 0 aliphatic carbocycles. The summed E-state index contributed by atoms with van der Waals surface area (Å²) < 4.78 is 16.2. The first kappa shape index (κ1) is 19.4. The number of methoxy groups -OCH3 is 2. The Labute approximate surface area is 154 Å². The lowest BCUT2D eigenvalue weighted by Gasteiger charge is -2.14. The fourth-order valence-electron chi connectivity index (χ4n) is 2.49. The van der Waals surface area contributed by atoms with Gasteiger partial charge in [0, 0.05) is 6.07 Å². The lowest BCUT2D eigenvalue weighted by atomic mass is 10.1. The average molecular weight is 358 g/mol. The molecule has 0 bridgehead atoms. The Hall–Kier alpha value is -2.89. The van der Waals surface area contributed by atoms with Gasteiger partial charge in [-0.05, 0) is 55.7 Å². The molecule has 0 aromatic heterocycles. The van der Waals surface area contributed by atoms with E-state index in [1.807, 2.05) is 13.0 Å². The highest BCUT2D eigenvalue weighted by Gasteiger charge is 2.09. The summed E-state index contributed by atoms with van der Waals surface area (Å²) in [5, 5.41) is 5.52. The average Bonchev–Trinajstić information content (AvgIpc) is 2.62. The van der Waals surface area contributed by atoms with Crippen molar-refractivity contribution < 1.29 is 19.0 Å². The maximum absolute atomic E-state index is 12.1. The van der Waals surface area contributed by atoms with E-state index in [1.54, 1.807) is 32.4 Å². The second-order valence-electron chi connectivity index (χ2n) is 6.00. The van der Waals surface area contributed by atoms with Crippen LogP contribution in [0.25, 0.3) is 0 Å². The molecule has 0 heterocycles. The predicted molar refractivity (Wildman–Crippen MR) is 103 cm³/mol. The van der Waals surface area contributed by atoms with Gasteiger partial charge < -0.3 is 24.8 Å². The van der Waals surface area contributed by atoms with Gasteiger partial charge in [0.05, 0.1) is 26.5 Å². The molecule has 0 atom stereocenters. The van der Waals surface area contributed by atoms with Crippen LogP contribution in [0, 0.1) is 20.8 Å². The molecule has 0 radical (unpaired) electrons. The Morgan fingerprint density at radius 1 is 0.923 bits per heavy atom. The summed E-state index contributed by atoms with van der Waals surface area (Å²) in [5.74, 6) is 2.03.